The highest BCUT2D eigenvalue weighted by Crippen LogP contribution is 2.12. The number of quaternary nitrogens is 1. The fraction of sp³-hybridized carbons (Fsp3) is 0.652. The molecule has 9 heteroatoms. The van der Waals surface area contributed by atoms with Crippen LogP contribution in [0.2, 0.25) is 0 Å². The van der Waals surface area contributed by atoms with E-state index in [4.69, 9.17) is 5.11 Å². The number of aliphatic carboxylic acids is 1. The van der Waals surface area contributed by atoms with Crippen LogP contribution in [-0.4, -0.2) is 79.6 Å². The number of hydrogen-bond donors (Lipinski definition) is 4. The zero-order valence-corrected chi connectivity index (χ0v) is 20.1. The van der Waals surface area contributed by atoms with Crippen molar-refractivity contribution in [2.75, 3.05) is 40.3 Å². The van der Waals surface area contributed by atoms with Crippen molar-refractivity contribution in [3.8, 4) is 0 Å². The molecule has 1 unspecified atom stereocenters. The number of amides is 2. The summed E-state index contributed by atoms with van der Waals surface area (Å²) in [5.41, 5.74) is 0.927. The van der Waals surface area contributed by atoms with E-state index in [-0.39, 0.29) is 30.2 Å². The molecule has 2 amide bonds. The number of hydrogen-bond acceptors (Lipinski definition) is 5. The summed E-state index contributed by atoms with van der Waals surface area (Å²) in [6.45, 7) is 13.4. The van der Waals surface area contributed by atoms with Gasteiger partial charge in [0.1, 0.15) is 12.2 Å². The number of carbonyl (C=O) groups excluding carboxylic acids is 3. The molecule has 0 aromatic heterocycles. The SMILES string of the molecule is C=C(C)C(=O)NCCCNCCC(NC(=O)C(=C)C)[N+](C)(C)CCCCC(=O)CC(=O)O. The van der Waals surface area contributed by atoms with Crippen LogP contribution in [0.25, 0.3) is 0 Å². The molecule has 9 nitrogen and oxygen atoms in total. The predicted molar refractivity (Wildman–Crippen MR) is 125 cm³/mol. The lowest BCUT2D eigenvalue weighted by atomic mass is 10.1. The minimum Gasteiger partial charge on any atom is -0.481 e. The first kappa shape index (κ1) is 29.5. The van der Waals surface area contributed by atoms with Crippen LogP contribution in [0.15, 0.2) is 24.3 Å². The van der Waals surface area contributed by atoms with Crippen LogP contribution >= 0.6 is 0 Å². The van der Waals surface area contributed by atoms with Gasteiger partial charge in [-0.15, -0.1) is 0 Å². The van der Waals surface area contributed by atoms with E-state index in [2.05, 4.69) is 29.1 Å². The third kappa shape index (κ3) is 13.7. The van der Waals surface area contributed by atoms with Crippen LogP contribution in [0.1, 0.15) is 52.4 Å². The Balaban J connectivity index is 4.54. The van der Waals surface area contributed by atoms with Crippen LogP contribution in [0.5, 0.6) is 0 Å². The van der Waals surface area contributed by atoms with Gasteiger partial charge in [0.25, 0.3) is 5.91 Å². The zero-order chi connectivity index (χ0) is 24.7. The minimum absolute atomic E-state index is 0.142. The quantitative estimate of drug-likeness (QED) is 0.0817. The van der Waals surface area contributed by atoms with Crippen LogP contribution in [-0.2, 0) is 19.2 Å². The van der Waals surface area contributed by atoms with E-state index in [9.17, 15) is 19.2 Å². The topological polar surface area (TPSA) is 125 Å². The summed E-state index contributed by atoms with van der Waals surface area (Å²) in [6.07, 6.45) is 2.50. The first-order chi connectivity index (χ1) is 14.9. The molecule has 0 aliphatic carbocycles. The second-order valence-corrected chi connectivity index (χ2v) is 8.77. The monoisotopic (exact) mass is 453 g/mol. The Morgan fingerprint density at radius 2 is 1.53 bits per heavy atom. The predicted octanol–water partition coefficient (Wildman–Crippen LogP) is 1.36. The van der Waals surface area contributed by atoms with E-state index >= 15 is 0 Å². The van der Waals surface area contributed by atoms with Crippen LogP contribution < -0.4 is 16.0 Å². The number of unbranched alkanes of at least 4 members (excludes halogenated alkanes) is 1. The lowest BCUT2D eigenvalue weighted by molar-refractivity contribution is -0.917. The van der Waals surface area contributed by atoms with Gasteiger partial charge in [0.05, 0.1) is 20.6 Å². The standard InChI is InChI=1S/C23H40N4O5/c1-17(2)22(31)25-13-9-12-24-14-11-20(26-23(32)18(3)4)27(5,6)15-8-7-10-19(28)16-21(29)30/h20,24H,1,3,7-16H2,2,4-6H3,(H2-,25,26,29,30,31,32)/p+1. The fourth-order valence-electron chi connectivity index (χ4n) is 3.06. The molecule has 0 aromatic carbocycles. The average molecular weight is 454 g/mol. The molecular formula is C23H41N4O5+. The molecule has 0 spiro atoms. The number of rotatable bonds is 18. The molecule has 0 heterocycles. The molecule has 0 saturated carbocycles. The summed E-state index contributed by atoms with van der Waals surface area (Å²) in [5, 5.41) is 17.8. The molecule has 0 saturated heterocycles. The molecule has 0 aliphatic heterocycles. The highest BCUT2D eigenvalue weighted by Gasteiger charge is 2.29. The van der Waals surface area contributed by atoms with Gasteiger partial charge in [-0.3, -0.25) is 19.2 Å². The Hall–Kier alpha value is -2.52. The average Bonchev–Trinajstić information content (AvgIpc) is 2.68. The van der Waals surface area contributed by atoms with E-state index < -0.39 is 12.4 Å². The van der Waals surface area contributed by atoms with Gasteiger partial charge in [-0.25, -0.2) is 0 Å². The maximum absolute atomic E-state index is 12.2. The van der Waals surface area contributed by atoms with Crippen molar-refractivity contribution in [3.63, 3.8) is 0 Å². The van der Waals surface area contributed by atoms with E-state index in [0.717, 1.165) is 25.9 Å². The Kier molecular flexibility index (Phi) is 14.1. The number of nitrogens with zero attached hydrogens (tertiary/aromatic N) is 1. The van der Waals surface area contributed by atoms with Gasteiger partial charge in [-0.1, -0.05) is 13.2 Å². The van der Waals surface area contributed by atoms with Crippen molar-refractivity contribution in [2.45, 2.75) is 58.5 Å². The van der Waals surface area contributed by atoms with Crippen molar-refractivity contribution in [1.29, 1.82) is 0 Å². The number of carboxylic acid groups (broad SMARTS) is 1. The highest BCUT2D eigenvalue weighted by molar-refractivity contribution is 5.94. The molecule has 0 fully saturated rings. The number of nitrogens with one attached hydrogen (secondary N) is 3. The maximum Gasteiger partial charge on any atom is 0.310 e. The molecule has 1 atom stereocenters. The van der Waals surface area contributed by atoms with Crippen LogP contribution in [0, 0.1) is 0 Å². The third-order valence-corrected chi connectivity index (χ3v) is 5.12. The van der Waals surface area contributed by atoms with Crippen LogP contribution in [0.3, 0.4) is 0 Å². The van der Waals surface area contributed by atoms with Gasteiger partial charge in [0.15, 0.2) is 6.17 Å². The van der Waals surface area contributed by atoms with Crippen molar-refractivity contribution in [1.82, 2.24) is 16.0 Å². The molecule has 0 radical (unpaired) electrons. The van der Waals surface area contributed by atoms with Crippen LogP contribution in [0.4, 0.5) is 0 Å². The summed E-state index contributed by atoms with van der Waals surface area (Å²) in [7, 11) is 4.05. The Morgan fingerprint density at radius 3 is 2.09 bits per heavy atom. The summed E-state index contributed by atoms with van der Waals surface area (Å²) in [6, 6.07) is 0. The van der Waals surface area contributed by atoms with Crippen molar-refractivity contribution in [3.05, 3.63) is 24.3 Å². The molecule has 0 bridgehead atoms. The van der Waals surface area contributed by atoms with E-state index in [1.807, 2.05) is 14.1 Å². The Morgan fingerprint density at radius 1 is 0.906 bits per heavy atom. The lowest BCUT2D eigenvalue weighted by Gasteiger charge is -2.38. The smallest absolute Gasteiger partial charge is 0.310 e. The number of carboxylic acids is 1. The zero-order valence-electron chi connectivity index (χ0n) is 20.1. The van der Waals surface area contributed by atoms with Crippen molar-refractivity contribution in [2.24, 2.45) is 0 Å². The molecule has 0 aliphatic rings. The largest absolute Gasteiger partial charge is 0.481 e. The van der Waals surface area contributed by atoms with Gasteiger partial charge in [-0.05, 0) is 39.7 Å². The van der Waals surface area contributed by atoms with E-state index in [1.165, 1.54) is 0 Å². The van der Waals surface area contributed by atoms with Gasteiger partial charge in [0, 0.05) is 37.1 Å². The summed E-state index contributed by atoms with van der Waals surface area (Å²) < 4.78 is 0.530. The van der Waals surface area contributed by atoms with Gasteiger partial charge >= 0.3 is 5.97 Å². The summed E-state index contributed by atoms with van der Waals surface area (Å²) >= 11 is 0. The molecule has 0 aromatic rings. The number of ketones is 1. The number of carbonyl (C=O) groups is 4. The summed E-state index contributed by atoms with van der Waals surface area (Å²) in [4.78, 5) is 45.8. The van der Waals surface area contributed by atoms with Gasteiger partial charge in [0.2, 0.25) is 5.91 Å². The Bertz CT molecular complexity index is 688. The van der Waals surface area contributed by atoms with E-state index in [1.54, 1.807) is 13.8 Å². The molecule has 4 N–H and O–H groups in total. The second-order valence-electron chi connectivity index (χ2n) is 8.77. The molecular weight excluding hydrogens is 412 g/mol. The minimum atomic E-state index is -1.10. The molecule has 0 rings (SSSR count). The third-order valence-electron chi connectivity index (χ3n) is 5.12. The summed E-state index contributed by atoms with van der Waals surface area (Å²) in [5.74, 6) is -1.70. The molecule has 182 valence electrons. The fourth-order valence-corrected chi connectivity index (χ4v) is 3.06. The normalized spacial score (nSPS) is 12.0. The van der Waals surface area contributed by atoms with Gasteiger partial charge < -0.3 is 25.5 Å². The van der Waals surface area contributed by atoms with Gasteiger partial charge in [-0.2, -0.15) is 0 Å². The van der Waals surface area contributed by atoms with E-state index in [0.29, 0.717) is 41.6 Å². The highest BCUT2D eigenvalue weighted by atomic mass is 16.4. The lowest BCUT2D eigenvalue weighted by Crippen LogP contribution is -2.58. The van der Waals surface area contributed by atoms with Crippen molar-refractivity contribution < 1.29 is 28.8 Å². The second kappa shape index (κ2) is 15.3. The number of Topliss-reactive ketones (excluding diaryl/α,β-unsaturated/α-hetero) is 1. The Labute approximate surface area is 191 Å². The molecule has 32 heavy (non-hydrogen) atoms. The first-order valence-corrected chi connectivity index (χ1v) is 11.0. The first-order valence-electron chi connectivity index (χ1n) is 11.0. The van der Waals surface area contributed by atoms with Crippen molar-refractivity contribution >= 4 is 23.6 Å². The maximum atomic E-state index is 12.2.